The van der Waals surface area contributed by atoms with Crippen LogP contribution in [0, 0.1) is 0 Å². The van der Waals surface area contributed by atoms with Crippen LogP contribution in [0.1, 0.15) is 30.1 Å². The molecule has 1 saturated heterocycles. The Morgan fingerprint density at radius 3 is 3.16 bits per heavy atom. The number of amides is 1. The lowest BCUT2D eigenvalue weighted by Gasteiger charge is -2.14. The zero-order valence-corrected chi connectivity index (χ0v) is 13.3. The fraction of sp³-hybridized carbons (Fsp3) is 0.538. The molecule has 0 saturated carbocycles. The molecule has 1 aliphatic heterocycles. The van der Waals surface area contributed by atoms with E-state index >= 15 is 0 Å². The van der Waals surface area contributed by atoms with Crippen molar-refractivity contribution in [3.05, 3.63) is 22.3 Å². The van der Waals surface area contributed by atoms with Crippen LogP contribution in [0.25, 0.3) is 0 Å². The van der Waals surface area contributed by atoms with Crippen molar-refractivity contribution in [3.63, 3.8) is 0 Å². The Labute approximate surface area is 126 Å². The fourth-order valence-corrected chi connectivity index (χ4v) is 3.39. The Balaban J connectivity index is 2.11. The van der Waals surface area contributed by atoms with Crippen molar-refractivity contribution in [3.8, 4) is 0 Å². The van der Waals surface area contributed by atoms with Gasteiger partial charge < -0.3 is 10.6 Å². The van der Waals surface area contributed by atoms with Crippen LogP contribution in [-0.4, -0.2) is 35.0 Å². The lowest BCUT2D eigenvalue weighted by atomic mass is 10.2. The molecule has 0 radical (unpaired) electrons. The van der Waals surface area contributed by atoms with Crippen molar-refractivity contribution in [2.24, 2.45) is 0 Å². The van der Waals surface area contributed by atoms with Crippen molar-refractivity contribution < 1.29 is 4.79 Å². The maximum absolute atomic E-state index is 12.3. The van der Waals surface area contributed by atoms with E-state index < -0.39 is 0 Å². The number of nitrogens with zero attached hydrogens (tertiary/aromatic N) is 1. The van der Waals surface area contributed by atoms with Gasteiger partial charge in [-0.25, -0.2) is 4.98 Å². The molecular weight excluding hydrogens is 326 g/mol. The van der Waals surface area contributed by atoms with E-state index in [0.29, 0.717) is 11.4 Å². The van der Waals surface area contributed by atoms with E-state index in [0.717, 1.165) is 35.4 Å². The molecule has 1 fully saturated rings. The Bertz CT molecular complexity index is 450. The van der Waals surface area contributed by atoms with E-state index in [9.17, 15) is 4.79 Å². The third-order valence-electron chi connectivity index (χ3n) is 2.91. The van der Waals surface area contributed by atoms with Gasteiger partial charge in [-0.05, 0) is 40.6 Å². The summed E-state index contributed by atoms with van der Waals surface area (Å²) in [6.07, 6.45) is 3.76. The number of thioether (sulfide) groups is 1. The summed E-state index contributed by atoms with van der Waals surface area (Å²) in [4.78, 5) is 16.6. The number of hydrogen-bond donors (Lipinski definition) is 2. The van der Waals surface area contributed by atoms with Gasteiger partial charge in [0.05, 0.1) is 5.56 Å². The van der Waals surface area contributed by atoms with Gasteiger partial charge in [0.15, 0.2) is 0 Å². The standard InChI is InChI=1S/C13H18BrN3OS/c1-2-4-15-12-11(6-9(14)7-16-12)13(18)17-10-3-5-19-8-10/h6-7,10H,2-5,8H2,1H3,(H,15,16)(H,17,18). The van der Waals surface area contributed by atoms with Crippen LogP contribution < -0.4 is 10.6 Å². The highest BCUT2D eigenvalue weighted by atomic mass is 79.9. The number of rotatable bonds is 5. The van der Waals surface area contributed by atoms with Crippen molar-refractivity contribution in [1.82, 2.24) is 10.3 Å². The number of hydrogen-bond acceptors (Lipinski definition) is 4. The molecule has 1 unspecified atom stereocenters. The summed E-state index contributed by atoms with van der Waals surface area (Å²) in [5, 5.41) is 6.28. The zero-order chi connectivity index (χ0) is 13.7. The molecule has 1 atom stereocenters. The summed E-state index contributed by atoms with van der Waals surface area (Å²) >= 11 is 5.26. The van der Waals surface area contributed by atoms with Crippen LogP contribution in [0.2, 0.25) is 0 Å². The second-order valence-electron chi connectivity index (χ2n) is 4.51. The number of carbonyl (C=O) groups excluding carboxylic acids is 1. The van der Waals surface area contributed by atoms with Gasteiger partial charge in [-0.2, -0.15) is 11.8 Å². The molecular formula is C13H18BrN3OS. The molecule has 104 valence electrons. The maximum atomic E-state index is 12.3. The van der Waals surface area contributed by atoms with E-state index in [1.54, 1.807) is 6.20 Å². The van der Waals surface area contributed by atoms with Gasteiger partial charge in [0, 0.05) is 29.0 Å². The number of anilines is 1. The molecule has 2 N–H and O–H groups in total. The van der Waals surface area contributed by atoms with E-state index in [1.165, 1.54) is 0 Å². The van der Waals surface area contributed by atoms with Gasteiger partial charge in [0.1, 0.15) is 5.82 Å². The summed E-state index contributed by atoms with van der Waals surface area (Å²) in [5.74, 6) is 2.75. The molecule has 2 rings (SSSR count). The quantitative estimate of drug-likeness (QED) is 0.862. The van der Waals surface area contributed by atoms with Gasteiger partial charge in [-0.1, -0.05) is 6.92 Å². The third kappa shape index (κ3) is 4.11. The predicted molar refractivity (Wildman–Crippen MR) is 83.9 cm³/mol. The minimum absolute atomic E-state index is 0.0418. The maximum Gasteiger partial charge on any atom is 0.255 e. The van der Waals surface area contributed by atoms with Gasteiger partial charge in [-0.15, -0.1) is 0 Å². The highest BCUT2D eigenvalue weighted by molar-refractivity contribution is 9.10. The first-order valence-corrected chi connectivity index (χ1v) is 8.43. The average Bonchev–Trinajstić information content (AvgIpc) is 2.90. The second-order valence-corrected chi connectivity index (χ2v) is 6.58. The lowest BCUT2D eigenvalue weighted by Crippen LogP contribution is -2.35. The summed E-state index contributed by atoms with van der Waals surface area (Å²) in [6, 6.07) is 2.11. The first kappa shape index (κ1) is 14.7. The number of aromatic nitrogens is 1. The van der Waals surface area contributed by atoms with Crippen LogP contribution in [0.15, 0.2) is 16.7 Å². The fourth-order valence-electron chi connectivity index (χ4n) is 1.91. The van der Waals surface area contributed by atoms with Crippen molar-refractivity contribution in [1.29, 1.82) is 0 Å². The average molecular weight is 344 g/mol. The molecule has 4 nitrogen and oxygen atoms in total. The molecule has 1 aromatic heterocycles. The van der Waals surface area contributed by atoms with E-state index in [4.69, 9.17) is 0 Å². The number of halogens is 1. The Kier molecular flexibility index (Phi) is 5.51. The SMILES string of the molecule is CCCNc1ncc(Br)cc1C(=O)NC1CCSC1. The molecule has 1 amide bonds. The molecule has 2 heterocycles. The molecule has 6 heteroatoms. The van der Waals surface area contributed by atoms with E-state index in [1.807, 2.05) is 17.8 Å². The van der Waals surface area contributed by atoms with Gasteiger partial charge in [0.2, 0.25) is 0 Å². The predicted octanol–water partition coefficient (Wildman–Crippen LogP) is 2.90. The molecule has 0 aliphatic carbocycles. The normalized spacial score (nSPS) is 18.3. The first-order valence-electron chi connectivity index (χ1n) is 6.48. The van der Waals surface area contributed by atoms with Crippen LogP contribution in [0.5, 0.6) is 0 Å². The van der Waals surface area contributed by atoms with Crippen LogP contribution in [-0.2, 0) is 0 Å². The van der Waals surface area contributed by atoms with Gasteiger partial charge in [-0.3, -0.25) is 4.79 Å². The number of pyridine rings is 1. The van der Waals surface area contributed by atoms with Crippen LogP contribution >= 0.6 is 27.7 Å². The summed E-state index contributed by atoms with van der Waals surface area (Å²) < 4.78 is 0.820. The van der Waals surface area contributed by atoms with Crippen molar-refractivity contribution in [2.45, 2.75) is 25.8 Å². The molecule has 0 bridgehead atoms. The Morgan fingerprint density at radius 1 is 1.63 bits per heavy atom. The first-order chi connectivity index (χ1) is 9.20. The third-order valence-corrected chi connectivity index (χ3v) is 4.50. The van der Waals surface area contributed by atoms with Crippen LogP contribution in [0.4, 0.5) is 5.82 Å². The number of carbonyl (C=O) groups is 1. The second kappa shape index (κ2) is 7.14. The monoisotopic (exact) mass is 343 g/mol. The largest absolute Gasteiger partial charge is 0.369 e. The van der Waals surface area contributed by atoms with E-state index in [2.05, 4.69) is 38.5 Å². The molecule has 0 spiro atoms. The van der Waals surface area contributed by atoms with Crippen molar-refractivity contribution in [2.75, 3.05) is 23.4 Å². The molecule has 1 aliphatic rings. The highest BCUT2D eigenvalue weighted by Crippen LogP contribution is 2.21. The van der Waals surface area contributed by atoms with E-state index in [-0.39, 0.29) is 11.9 Å². The van der Waals surface area contributed by atoms with Crippen LogP contribution in [0.3, 0.4) is 0 Å². The topological polar surface area (TPSA) is 54.0 Å². The smallest absolute Gasteiger partial charge is 0.255 e. The molecule has 19 heavy (non-hydrogen) atoms. The van der Waals surface area contributed by atoms with Crippen molar-refractivity contribution >= 4 is 39.4 Å². The Morgan fingerprint density at radius 2 is 2.47 bits per heavy atom. The summed E-state index contributed by atoms with van der Waals surface area (Å²) in [5.41, 5.74) is 0.611. The molecule has 1 aromatic rings. The lowest BCUT2D eigenvalue weighted by molar-refractivity contribution is 0.0941. The highest BCUT2D eigenvalue weighted by Gasteiger charge is 2.20. The summed E-state index contributed by atoms with van der Waals surface area (Å²) in [7, 11) is 0. The molecule has 0 aromatic carbocycles. The van der Waals surface area contributed by atoms with Gasteiger partial charge >= 0.3 is 0 Å². The van der Waals surface area contributed by atoms with Gasteiger partial charge in [0.25, 0.3) is 5.91 Å². The Hall–Kier alpha value is -0.750. The minimum atomic E-state index is -0.0418. The summed E-state index contributed by atoms with van der Waals surface area (Å²) in [6.45, 7) is 2.90. The number of nitrogens with one attached hydrogen (secondary N) is 2. The minimum Gasteiger partial charge on any atom is -0.369 e. The zero-order valence-electron chi connectivity index (χ0n) is 10.9.